The third kappa shape index (κ3) is 3.09. The molecule has 162 valence electrons. The second kappa shape index (κ2) is 6.94. The summed E-state index contributed by atoms with van der Waals surface area (Å²) < 4.78 is 17.1. The second-order valence-corrected chi connectivity index (χ2v) is 9.78. The zero-order chi connectivity index (χ0) is 22.7. The first-order valence-corrected chi connectivity index (χ1v) is 10.2. The van der Waals surface area contributed by atoms with Gasteiger partial charge in [0.05, 0.1) is 17.8 Å². The van der Waals surface area contributed by atoms with E-state index < -0.39 is 40.4 Å². The lowest BCUT2D eigenvalue weighted by Crippen LogP contribution is -2.64. The van der Waals surface area contributed by atoms with Gasteiger partial charge in [0.1, 0.15) is 5.54 Å². The molecule has 0 saturated carbocycles. The van der Waals surface area contributed by atoms with Crippen LogP contribution in [-0.2, 0) is 18.8 Å². The average molecular weight is 416 g/mol. The standard InChI is InChI=1S/C22H30BNO6/c1-9-28-19(27)24(20(2,3)4)16-11-10-15(12-14(16)13-17(24)18(25)26)23-29-21(5,6)22(7,8)30-23/h10-13H,9H2,1-8H3/p+1. The molecule has 0 aliphatic carbocycles. The molecule has 8 heteroatoms. The highest BCUT2D eigenvalue weighted by Crippen LogP contribution is 2.47. The van der Waals surface area contributed by atoms with Gasteiger partial charge in [-0.3, -0.25) is 0 Å². The van der Waals surface area contributed by atoms with Crippen LogP contribution in [0.15, 0.2) is 23.9 Å². The summed E-state index contributed by atoms with van der Waals surface area (Å²) in [6.45, 7) is 15.3. The van der Waals surface area contributed by atoms with E-state index >= 15 is 0 Å². The zero-order valence-corrected chi connectivity index (χ0v) is 19.0. The largest absolute Gasteiger partial charge is 0.527 e. The van der Waals surface area contributed by atoms with E-state index in [2.05, 4.69) is 0 Å². The number of carboxylic acids is 1. The van der Waals surface area contributed by atoms with Crippen molar-refractivity contribution in [2.24, 2.45) is 0 Å². The molecule has 30 heavy (non-hydrogen) atoms. The number of carbonyl (C=O) groups excluding carboxylic acids is 1. The van der Waals surface area contributed by atoms with Crippen LogP contribution >= 0.6 is 0 Å². The lowest BCUT2D eigenvalue weighted by atomic mass is 9.78. The maximum Gasteiger partial charge on any atom is 0.527 e. The Morgan fingerprint density at radius 3 is 2.17 bits per heavy atom. The van der Waals surface area contributed by atoms with Crippen molar-refractivity contribution < 1.29 is 28.7 Å². The van der Waals surface area contributed by atoms with Crippen molar-refractivity contribution in [1.29, 1.82) is 0 Å². The number of amides is 1. The molecule has 0 aromatic heterocycles. The van der Waals surface area contributed by atoms with E-state index in [-0.39, 0.29) is 12.3 Å². The highest BCUT2D eigenvalue weighted by Gasteiger charge is 2.61. The highest BCUT2D eigenvalue weighted by atomic mass is 16.7. The van der Waals surface area contributed by atoms with Crippen LogP contribution in [0.3, 0.4) is 0 Å². The number of carbonyl (C=O) groups is 2. The van der Waals surface area contributed by atoms with E-state index in [0.717, 1.165) is 5.46 Å². The number of ether oxygens (including phenoxy) is 1. The SMILES string of the molecule is CCOC(=O)[N+]1(C(C)(C)C)C(C(=O)O)=Cc2cc(B3OC(C)(C)C(C)(C)O3)ccc21. The summed E-state index contributed by atoms with van der Waals surface area (Å²) in [5, 5.41) is 9.98. The van der Waals surface area contributed by atoms with Crippen LogP contribution in [0.1, 0.15) is 61.0 Å². The Labute approximate surface area is 178 Å². The fourth-order valence-electron chi connectivity index (χ4n) is 4.11. The van der Waals surface area contributed by atoms with E-state index in [1.165, 1.54) is 0 Å². The van der Waals surface area contributed by atoms with Crippen LogP contribution in [0.2, 0.25) is 0 Å². The molecule has 0 bridgehead atoms. The van der Waals surface area contributed by atoms with Crippen molar-refractivity contribution >= 4 is 36.4 Å². The van der Waals surface area contributed by atoms with Crippen LogP contribution in [0, 0.1) is 0 Å². The van der Waals surface area contributed by atoms with Crippen molar-refractivity contribution in [3.63, 3.8) is 0 Å². The van der Waals surface area contributed by atoms with Gasteiger partial charge < -0.3 is 19.2 Å². The van der Waals surface area contributed by atoms with Gasteiger partial charge in [0.2, 0.25) is 5.70 Å². The van der Waals surface area contributed by atoms with Gasteiger partial charge in [-0.05, 0) is 66.9 Å². The average Bonchev–Trinajstić information content (AvgIpc) is 3.06. The number of quaternary nitrogens is 1. The topological polar surface area (TPSA) is 82.1 Å². The first-order valence-electron chi connectivity index (χ1n) is 10.2. The summed E-state index contributed by atoms with van der Waals surface area (Å²) in [5.74, 6) is -1.16. The van der Waals surface area contributed by atoms with Gasteiger partial charge in [0.15, 0.2) is 5.69 Å². The molecule has 0 spiro atoms. The maximum atomic E-state index is 13.2. The quantitative estimate of drug-likeness (QED) is 0.598. The van der Waals surface area contributed by atoms with Gasteiger partial charge in [-0.2, -0.15) is 4.79 Å². The lowest BCUT2D eigenvalue weighted by Gasteiger charge is -2.41. The summed E-state index contributed by atoms with van der Waals surface area (Å²) >= 11 is 0. The Balaban J connectivity index is 2.16. The van der Waals surface area contributed by atoms with Crippen molar-refractivity contribution in [1.82, 2.24) is 4.48 Å². The molecule has 2 heterocycles. The molecule has 1 fully saturated rings. The number of rotatable bonds is 3. The number of benzene rings is 1. The maximum absolute atomic E-state index is 13.2. The second-order valence-electron chi connectivity index (χ2n) is 9.78. The summed E-state index contributed by atoms with van der Waals surface area (Å²) in [6.07, 6.45) is 0.940. The molecule has 1 atom stereocenters. The molecule has 2 aliphatic rings. The Bertz CT molecular complexity index is 914. The molecular weight excluding hydrogens is 385 g/mol. The lowest BCUT2D eigenvalue weighted by molar-refractivity contribution is -0.134. The van der Waals surface area contributed by atoms with Gasteiger partial charge in [-0.15, -0.1) is 4.48 Å². The van der Waals surface area contributed by atoms with Crippen LogP contribution in [-0.4, -0.2) is 47.6 Å². The fraction of sp³-hybridized carbons (Fsp3) is 0.545. The third-order valence-electron chi connectivity index (χ3n) is 6.36. The fourth-order valence-corrected chi connectivity index (χ4v) is 4.11. The molecule has 7 nitrogen and oxygen atoms in total. The molecular formula is C22H31BNO6+. The Morgan fingerprint density at radius 2 is 1.70 bits per heavy atom. The summed E-state index contributed by atoms with van der Waals surface area (Å²) in [5.41, 5.74) is 0.173. The Morgan fingerprint density at radius 1 is 1.13 bits per heavy atom. The normalized spacial score (nSPS) is 24.4. The first kappa shape index (κ1) is 22.5. The van der Waals surface area contributed by atoms with Gasteiger partial charge in [-0.25, -0.2) is 4.79 Å². The molecule has 3 rings (SSSR count). The van der Waals surface area contributed by atoms with Crippen molar-refractivity contribution in [3.05, 3.63) is 29.5 Å². The molecule has 1 N–H and O–H groups in total. The highest BCUT2D eigenvalue weighted by molar-refractivity contribution is 6.62. The molecule has 1 saturated heterocycles. The van der Waals surface area contributed by atoms with Crippen molar-refractivity contribution in [2.75, 3.05) is 6.61 Å². The summed E-state index contributed by atoms with van der Waals surface area (Å²) in [4.78, 5) is 25.4. The predicted octanol–water partition coefficient (Wildman–Crippen LogP) is 3.69. The number of hydrogen-bond donors (Lipinski definition) is 1. The van der Waals surface area contributed by atoms with Crippen molar-refractivity contribution in [2.45, 2.75) is 72.1 Å². The van der Waals surface area contributed by atoms with Crippen LogP contribution in [0.4, 0.5) is 10.5 Å². The molecule has 1 aromatic rings. The van der Waals surface area contributed by atoms with Gasteiger partial charge in [0.25, 0.3) is 0 Å². The van der Waals surface area contributed by atoms with E-state index in [9.17, 15) is 14.7 Å². The number of nitrogens with zero attached hydrogens (tertiary/aromatic N) is 1. The third-order valence-corrected chi connectivity index (χ3v) is 6.36. The minimum absolute atomic E-state index is 0.0398. The molecule has 1 unspecified atom stereocenters. The van der Waals surface area contributed by atoms with Crippen LogP contribution in [0.25, 0.3) is 6.08 Å². The zero-order valence-electron chi connectivity index (χ0n) is 19.0. The molecule has 0 radical (unpaired) electrons. The van der Waals surface area contributed by atoms with E-state index in [0.29, 0.717) is 11.3 Å². The first-order chi connectivity index (χ1) is 13.7. The molecule has 1 amide bonds. The minimum atomic E-state index is -1.16. The van der Waals surface area contributed by atoms with E-state index in [1.807, 2.05) is 60.6 Å². The number of hydrogen-bond acceptors (Lipinski definition) is 5. The number of aliphatic carboxylic acids is 1. The van der Waals surface area contributed by atoms with Crippen LogP contribution in [0.5, 0.6) is 0 Å². The van der Waals surface area contributed by atoms with Crippen molar-refractivity contribution in [3.8, 4) is 0 Å². The predicted molar refractivity (Wildman–Crippen MR) is 116 cm³/mol. The molecule has 2 aliphatic heterocycles. The van der Waals surface area contributed by atoms with Gasteiger partial charge in [-0.1, -0.05) is 6.07 Å². The monoisotopic (exact) mass is 416 g/mol. The van der Waals surface area contributed by atoms with E-state index in [1.54, 1.807) is 19.1 Å². The smallest absolute Gasteiger partial charge is 0.474 e. The Hall–Kier alpha value is -2.16. The number of carboxylic acid groups (broad SMARTS) is 1. The van der Waals surface area contributed by atoms with E-state index in [4.69, 9.17) is 14.0 Å². The molecule has 1 aromatic carbocycles. The minimum Gasteiger partial charge on any atom is -0.474 e. The van der Waals surface area contributed by atoms with Gasteiger partial charge in [0, 0.05) is 17.7 Å². The van der Waals surface area contributed by atoms with Gasteiger partial charge >= 0.3 is 19.2 Å². The Kier molecular flexibility index (Phi) is 5.21. The van der Waals surface area contributed by atoms with Crippen LogP contribution < -0.4 is 9.95 Å². The summed E-state index contributed by atoms with van der Waals surface area (Å²) in [6, 6.07) is 5.45. The summed E-state index contributed by atoms with van der Waals surface area (Å²) in [7, 11) is -0.582. The number of fused-ring (bicyclic) bond motifs is 1.